The Balaban J connectivity index is 1.83. The highest BCUT2D eigenvalue weighted by Gasteiger charge is 2.36. The molecule has 0 amide bonds. The molecule has 0 aromatic carbocycles. The van der Waals surface area contributed by atoms with Gasteiger partial charge in [-0.3, -0.25) is 4.79 Å². The molecule has 1 N–H and O–H groups in total. The van der Waals surface area contributed by atoms with Crippen LogP contribution in [-0.2, 0) is 4.79 Å². The molecule has 1 aliphatic carbocycles. The van der Waals surface area contributed by atoms with Gasteiger partial charge in [-0.15, -0.1) is 0 Å². The second-order valence-corrected chi connectivity index (χ2v) is 6.13. The van der Waals surface area contributed by atoms with Crippen LogP contribution in [0.25, 0.3) is 0 Å². The molecule has 2 atom stereocenters. The topological polar surface area (TPSA) is 43.8 Å². The molecule has 0 radical (unpaired) electrons. The van der Waals surface area contributed by atoms with Crippen LogP contribution in [0.3, 0.4) is 0 Å². The Morgan fingerprint density at radius 1 is 1.28 bits per heavy atom. The lowest BCUT2D eigenvalue weighted by molar-refractivity contribution is -0.143. The normalized spacial score (nSPS) is 31.1. The van der Waals surface area contributed by atoms with E-state index in [1.807, 2.05) is 0 Å². The van der Waals surface area contributed by atoms with Gasteiger partial charge in [-0.2, -0.15) is 0 Å². The van der Waals surface area contributed by atoms with Crippen LogP contribution in [0.2, 0.25) is 0 Å². The summed E-state index contributed by atoms with van der Waals surface area (Å²) in [6.07, 6.45) is 5.49. The Morgan fingerprint density at radius 2 is 1.94 bits per heavy atom. The molecule has 4 nitrogen and oxygen atoms in total. The van der Waals surface area contributed by atoms with E-state index in [-0.39, 0.29) is 12.0 Å². The van der Waals surface area contributed by atoms with Crippen LogP contribution in [0.4, 0.5) is 0 Å². The van der Waals surface area contributed by atoms with E-state index >= 15 is 0 Å². The van der Waals surface area contributed by atoms with Crippen molar-refractivity contribution >= 4 is 5.97 Å². The van der Waals surface area contributed by atoms with Crippen LogP contribution in [0.15, 0.2) is 0 Å². The van der Waals surface area contributed by atoms with Crippen molar-refractivity contribution in [1.29, 1.82) is 0 Å². The first-order chi connectivity index (χ1) is 8.58. The summed E-state index contributed by atoms with van der Waals surface area (Å²) < 4.78 is 0. The maximum absolute atomic E-state index is 11.2. The third kappa shape index (κ3) is 3.23. The monoisotopic (exact) mass is 254 g/mol. The van der Waals surface area contributed by atoms with Crippen molar-refractivity contribution in [3.05, 3.63) is 0 Å². The van der Waals surface area contributed by atoms with E-state index in [9.17, 15) is 9.90 Å². The molecule has 2 rings (SSSR count). The van der Waals surface area contributed by atoms with Gasteiger partial charge >= 0.3 is 5.97 Å². The fourth-order valence-corrected chi connectivity index (χ4v) is 3.54. The minimum atomic E-state index is -0.604. The first kappa shape index (κ1) is 13.8. The number of aliphatic carboxylic acids is 1. The molecule has 4 heteroatoms. The first-order valence-corrected chi connectivity index (χ1v) is 7.19. The van der Waals surface area contributed by atoms with Crippen molar-refractivity contribution in [2.24, 2.45) is 11.8 Å². The van der Waals surface area contributed by atoms with Crippen molar-refractivity contribution in [3.63, 3.8) is 0 Å². The summed E-state index contributed by atoms with van der Waals surface area (Å²) in [6.45, 7) is 3.44. The molecule has 1 heterocycles. The lowest BCUT2D eigenvalue weighted by atomic mass is 9.95. The third-order valence-corrected chi connectivity index (χ3v) is 4.75. The van der Waals surface area contributed by atoms with Gasteiger partial charge in [-0.1, -0.05) is 6.42 Å². The number of hydrogen-bond donors (Lipinski definition) is 1. The SMILES string of the molecule is CN1CCC(CN(C)C2CCCC2C(=O)O)CC1. The molecule has 0 bridgehead atoms. The molecule has 0 aromatic rings. The molecule has 2 fully saturated rings. The fraction of sp³-hybridized carbons (Fsp3) is 0.929. The Hall–Kier alpha value is -0.610. The minimum Gasteiger partial charge on any atom is -0.481 e. The van der Waals surface area contributed by atoms with Gasteiger partial charge in [0.2, 0.25) is 0 Å². The second-order valence-electron chi connectivity index (χ2n) is 6.13. The van der Waals surface area contributed by atoms with Crippen molar-refractivity contribution in [2.75, 3.05) is 33.7 Å². The van der Waals surface area contributed by atoms with Crippen LogP contribution >= 0.6 is 0 Å². The lowest BCUT2D eigenvalue weighted by Crippen LogP contribution is -2.42. The zero-order chi connectivity index (χ0) is 13.1. The lowest BCUT2D eigenvalue weighted by Gasteiger charge is -2.35. The number of rotatable bonds is 4. The van der Waals surface area contributed by atoms with Gasteiger partial charge in [-0.05, 0) is 58.8 Å². The number of likely N-dealkylation sites (tertiary alicyclic amines) is 1. The third-order valence-electron chi connectivity index (χ3n) is 4.75. The highest BCUT2D eigenvalue weighted by atomic mass is 16.4. The standard InChI is InChI=1S/C14H26N2O2/c1-15-8-6-11(7-9-15)10-16(2)13-5-3-4-12(13)14(17)18/h11-13H,3-10H2,1-2H3,(H,17,18). The van der Waals surface area contributed by atoms with Crippen molar-refractivity contribution in [2.45, 2.75) is 38.1 Å². The summed E-state index contributed by atoms with van der Waals surface area (Å²) in [5, 5.41) is 9.24. The molecule has 18 heavy (non-hydrogen) atoms. The molecule has 1 saturated heterocycles. The highest BCUT2D eigenvalue weighted by Crippen LogP contribution is 2.30. The van der Waals surface area contributed by atoms with Gasteiger partial charge in [0.05, 0.1) is 5.92 Å². The molecule has 2 unspecified atom stereocenters. The fourth-order valence-electron chi connectivity index (χ4n) is 3.54. The van der Waals surface area contributed by atoms with Gasteiger partial charge in [0.15, 0.2) is 0 Å². The van der Waals surface area contributed by atoms with Crippen molar-refractivity contribution < 1.29 is 9.90 Å². The molecule has 2 aliphatic rings. The predicted molar refractivity (Wildman–Crippen MR) is 71.6 cm³/mol. The van der Waals surface area contributed by atoms with Crippen LogP contribution in [-0.4, -0.2) is 60.6 Å². The maximum Gasteiger partial charge on any atom is 0.308 e. The van der Waals surface area contributed by atoms with Gasteiger partial charge in [0.1, 0.15) is 0 Å². The van der Waals surface area contributed by atoms with Gasteiger partial charge in [0.25, 0.3) is 0 Å². The van der Waals surface area contributed by atoms with Crippen LogP contribution in [0.5, 0.6) is 0 Å². The van der Waals surface area contributed by atoms with Crippen molar-refractivity contribution in [1.82, 2.24) is 9.80 Å². The quantitative estimate of drug-likeness (QED) is 0.826. The van der Waals surface area contributed by atoms with Crippen LogP contribution in [0, 0.1) is 11.8 Å². The number of nitrogens with zero attached hydrogens (tertiary/aromatic N) is 2. The summed E-state index contributed by atoms with van der Waals surface area (Å²) in [5.74, 6) is 0.00948. The first-order valence-electron chi connectivity index (χ1n) is 7.19. The molecule has 1 aliphatic heterocycles. The number of hydrogen-bond acceptors (Lipinski definition) is 3. The number of carboxylic acids is 1. The van der Waals surface area contributed by atoms with E-state index in [1.165, 1.54) is 25.9 Å². The van der Waals surface area contributed by atoms with E-state index < -0.39 is 5.97 Å². The summed E-state index contributed by atoms with van der Waals surface area (Å²) in [6, 6.07) is 0.266. The highest BCUT2D eigenvalue weighted by molar-refractivity contribution is 5.71. The van der Waals surface area contributed by atoms with Crippen LogP contribution in [0.1, 0.15) is 32.1 Å². The summed E-state index contributed by atoms with van der Waals surface area (Å²) in [7, 11) is 4.29. The minimum absolute atomic E-state index is 0.138. The smallest absolute Gasteiger partial charge is 0.308 e. The number of piperidine rings is 1. The second kappa shape index (κ2) is 6.02. The Bertz CT molecular complexity index is 288. The van der Waals surface area contributed by atoms with Crippen LogP contribution < -0.4 is 0 Å². The van der Waals surface area contributed by atoms with Gasteiger partial charge in [0, 0.05) is 12.6 Å². The Morgan fingerprint density at radius 3 is 2.56 bits per heavy atom. The zero-order valence-corrected chi connectivity index (χ0v) is 11.6. The summed E-state index contributed by atoms with van der Waals surface area (Å²) in [5.41, 5.74) is 0. The predicted octanol–water partition coefficient (Wildman–Crippen LogP) is 1.51. The Labute approximate surface area is 110 Å². The summed E-state index contributed by atoms with van der Waals surface area (Å²) >= 11 is 0. The zero-order valence-electron chi connectivity index (χ0n) is 11.6. The number of carboxylic acid groups (broad SMARTS) is 1. The van der Waals surface area contributed by atoms with Gasteiger partial charge < -0.3 is 14.9 Å². The van der Waals surface area contributed by atoms with E-state index in [1.54, 1.807) is 0 Å². The van der Waals surface area contributed by atoms with E-state index in [4.69, 9.17) is 0 Å². The molecule has 0 spiro atoms. The molecule has 1 saturated carbocycles. The molecular weight excluding hydrogens is 228 g/mol. The average molecular weight is 254 g/mol. The molecular formula is C14H26N2O2. The Kier molecular flexibility index (Phi) is 4.62. The maximum atomic E-state index is 11.2. The van der Waals surface area contributed by atoms with E-state index in [2.05, 4.69) is 23.9 Å². The largest absolute Gasteiger partial charge is 0.481 e. The van der Waals surface area contributed by atoms with Crippen molar-refractivity contribution in [3.8, 4) is 0 Å². The molecule has 104 valence electrons. The summed E-state index contributed by atoms with van der Waals surface area (Å²) in [4.78, 5) is 15.9. The van der Waals surface area contributed by atoms with Gasteiger partial charge in [-0.25, -0.2) is 0 Å². The molecule has 0 aromatic heterocycles. The van der Waals surface area contributed by atoms with E-state index in [0.717, 1.165) is 31.7 Å². The number of carbonyl (C=O) groups is 1. The van der Waals surface area contributed by atoms with E-state index in [0.29, 0.717) is 0 Å². The average Bonchev–Trinajstić information content (AvgIpc) is 2.81.